The molecule has 0 fully saturated rings. The second kappa shape index (κ2) is 7.07. The van der Waals surface area contributed by atoms with E-state index in [2.05, 4.69) is 17.2 Å². The van der Waals surface area contributed by atoms with Crippen LogP contribution in [0.5, 0.6) is 5.75 Å². The van der Waals surface area contributed by atoms with Gasteiger partial charge in [-0.1, -0.05) is 17.7 Å². The molecule has 1 N–H and O–H groups in total. The highest BCUT2D eigenvalue weighted by molar-refractivity contribution is 6.32. The number of halogens is 1. The third-order valence-corrected chi connectivity index (χ3v) is 3.52. The fourth-order valence-corrected chi connectivity index (χ4v) is 2.10. The van der Waals surface area contributed by atoms with Gasteiger partial charge in [-0.25, -0.2) is 4.98 Å². The predicted molar refractivity (Wildman–Crippen MR) is 82.2 cm³/mol. The molecule has 0 aliphatic carbocycles. The number of hydrogen-bond acceptors (Lipinski definition) is 4. The van der Waals surface area contributed by atoms with E-state index < -0.39 is 0 Å². The standard InChI is InChI=1S/C16H16ClN3O/c1-11(19-2)13-3-4-16(15(17)8-13)21-10-12-5-6-20-14(7-12)9-18/h3-8,11,19H,10H2,1-2H3. The van der Waals surface area contributed by atoms with E-state index in [0.717, 1.165) is 11.1 Å². The van der Waals surface area contributed by atoms with Crippen molar-refractivity contribution in [1.29, 1.82) is 5.26 Å². The number of nitrogens with zero attached hydrogens (tertiary/aromatic N) is 2. The molecule has 0 spiro atoms. The average Bonchev–Trinajstić information content (AvgIpc) is 2.53. The number of hydrogen-bond donors (Lipinski definition) is 1. The number of benzene rings is 1. The molecule has 0 aliphatic heterocycles. The quantitative estimate of drug-likeness (QED) is 0.918. The number of nitriles is 1. The molecule has 0 saturated carbocycles. The first-order chi connectivity index (χ1) is 10.1. The van der Waals surface area contributed by atoms with E-state index in [0.29, 0.717) is 23.1 Å². The maximum Gasteiger partial charge on any atom is 0.140 e. The summed E-state index contributed by atoms with van der Waals surface area (Å²) in [6.45, 7) is 2.41. The highest BCUT2D eigenvalue weighted by atomic mass is 35.5. The molecule has 108 valence electrons. The number of pyridine rings is 1. The second-order valence-electron chi connectivity index (χ2n) is 4.65. The molecule has 4 nitrogen and oxygen atoms in total. The first-order valence-corrected chi connectivity index (χ1v) is 6.96. The van der Waals surface area contributed by atoms with Crippen molar-refractivity contribution < 1.29 is 4.74 Å². The molecule has 0 bridgehead atoms. The van der Waals surface area contributed by atoms with Crippen LogP contribution in [-0.4, -0.2) is 12.0 Å². The molecular formula is C16H16ClN3O. The fourth-order valence-electron chi connectivity index (χ4n) is 1.86. The Kier molecular flexibility index (Phi) is 5.15. The summed E-state index contributed by atoms with van der Waals surface area (Å²) in [6, 6.07) is 11.5. The summed E-state index contributed by atoms with van der Waals surface area (Å²) in [5.74, 6) is 0.624. The van der Waals surface area contributed by atoms with Crippen molar-refractivity contribution in [1.82, 2.24) is 10.3 Å². The molecule has 0 radical (unpaired) electrons. The zero-order chi connectivity index (χ0) is 15.2. The Bertz CT molecular complexity index is 667. The Hall–Kier alpha value is -2.09. The van der Waals surface area contributed by atoms with Gasteiger partial charge in [0.25, 0.3) is 0 Å². The molecule has 0 saturated heterocycles. The van der Waals surface area contributed by atoms with Crippen LogP contribution in [0.1, 0.15) is 29.8 Å². The van der Waals surface area contributed by atoms with Gasteiger partial charge >= 0.3 is 0 Å². The summed E-state index contributed by atoms with van der Waals surface area (Å²) in [4.78, 5) is 3.92. The van der Waals surface area contributed by atoms with Crippen LogP contribution in [0.2, 0.25) is 5.02 Å². The van der Waals surface area contributed by atoms with Crippen molar-refractivity contribution in [2.75, 3.05) is 7.05 Å². The van der Waals surface area contributed by atoms with Crippen molar-refractivity contribution >= 4 is 11.6 Å². The number of rotatable bonds is 5. The second-order valence-corrected chi connectivity index (χ2v) is 5.06. The zero-order valence-corrected chi connectivity index (χ0v) is 12.7. The molecule has 1 aromatic carbocycles. The van der Waals surface area contributed by atoms with E-state index in [4.69, 9.17) is 21.6 Å². The van der Waals surface area contributed by atoms with Crippen LogP contribution in [0.15, 0.2) is 36.5 Å². The normalized spacial score (nSPS) is 11.7. The number of nitrogens with one attached hydrogen (secondary N) is 1. The average molecular weight is 302 g/mol. The highest BCUT2D eigenvalue weighted by Gasteiger charge is 2.08. The van der Waals surface area contributed by atoms with Gasteiger partial charge in [0.2, 0.25) is 0 Å². The molecule has 1 heterocycles. The van der Waals surface area contributed by atoms with Gasteiger partial charge in [-0.05, 0) is 49.4 Å². The monoisotopic (exact) mass is 301 g/mol. The molecule has 21 heavy (non-hydrogen) atoms. The maximum absolute atomic E-state index is 8.82. The molecule has 1 unspecified atom stereocenters. The number of ether oxygens (including phenoxy) is 1. The Morgan fingerprint density at radius 2 is 2.19 bits per heavy atom. The van der Waals surface area contributed by atoms with Gasteiger partial charge in [0.15, 0.2) is 0 Å². The maximum atomic E-state index is 8.82. The summed E-state index contributed by atoms with van der Waals surface area (Å²) >= 11 is 6.24. The minimum Gasteiger partial charge on any atom is -0.487 e. The Balaban J connectivity index is 2.08. The summed E-state index contributed by atoms with van der Waals surface area (Å²) in [5.41, 5.74) is 2.36. The van der Waals surface area contributed by atoms with Gasteiger partial charge in [-0.15, -0.1) is 0 Å². The Labute approximate surface area is 129 Å². The van der Waals surface area contributed by atoms with Crippen LogP contribution in [0.3, 0.4) is 0 Å². The number of aromatic nitrogens is 1. The third-order valence-electron chi connectivity index (χ3n) is 3.22. The minimum absolute atomic E-state index is 0.231. The van der Waals surface area contributed by atoms with Crippen molar-refractivity contribution in [3.8, 4) is 11.8 Å². The highest BCUT2D eigenvalue weighted by Crippen LogP contribution is 2.28. The summed E-state index contributed by atoms with van der Waals surface area (Å²) < 4.78 is 5.70. The molecule has 1 atom stereocenters. The van der Waals surface area contributed by atoms with E-state index in [1.54, 1.807) is 12.3 Å². The first-order valence-electron chi connectivity index (χ1n) is 6.58. The van der Waals surface area contributed by atoms with Crippen LogP contribution in [0.4, 0.5) is 0 Å². The molecule has 5 heteroatoms. The lowest BCUT2D eigenvalue weighted by atomic mass is 10.1. The smallest absolute Gasteiger partial charge is 0.140 e. The Morgan fingerprint density at radius 1 is 1.38 bits per heavy atom. The van der Waals surface area contributed by atoms with Crippen molar-refractivity contribution in [2.45, 2.75) is 19.6 Å². The SMILES string of the molecule is CNC(C)c1ccc(OCc2ccnc(C#N)c2)c(Cl)c1. The van der Waals surface area contributed by atoms with Gasteiger partial charge < -0.3 is 10.1 Å². The Morgan fingerprint density at radius 3 is 2.86 bits per heavy atom. The lowest BCUT2D eigenvalue weighted by Crippen LogP contribution is -2.12. The largest absolute Gasteiger partial charge is 0.487 e. The van der Waals surface area contributed by atoms with Crippen LogP contribution in [0, 0.1) is 11.3 Å². The summed E-state index contributed by atoms with van der Waals surface area (Å²) in [6.07, 6.45) is 1.59. The lowest BCUT2D eigenvalue weighted by molar-refractivity contribution is 0.306. The minimum atomic E-state index is 0.231. The van der Waals surface area contributed by atoms with Gasteiger partial charge in [-0.3, -0.25) is 0 Å². The van der Waals surface area contributed by atoms with E-state index >= 15 is 0 Å². The molecule has 2 aromatic rings. The van der Waals surface area contributed by atoms with Crippen molar-refractivity contribution in [2.24, 2.45) is 0 Å². The lowest BCUT2D eigenvalue weighted by Gasteiger charge is -2.13. The summed E-state index contributed by atoms with van der Waals surface area (Å²) in [7, 11) is 1.90. The van der Waals surface area contributed by atoms with Gasteiger partial charge in [0.1, 0.15) is 24.1 Å². The topological polar surface area (TPSA) is 57.9 Å². The van der Waals surface area contributed by atoms with Gasteiger partial charge in [0.05, 0.1) is 5.02 Å². The van der Waals surface area contributed by atoms with E-state index in [9.17, 15) is 0 Å². The third kappa shape index (κ3) is 3.94. The molecular weight excluding hydrogens is 286 g/mol. The predicted octanol–water partition coefficient (Wildman–Crippen LogP) is 3.47. The fraction of sp³-hybridized carbons (Fsp3) is 0.250. The molecule has 1 aromatic heterocycles. The van der Waals surface area contributed by atoms with Crippen LogP contribution < -0.4 is 10.1 Å². The van der Waals surface area contributed by atoms with Gasteiger partial charge in [0, 0.05) is 12.2 Å². The van der Waals surface area contributed by atoms with E-state index in [-0.39, 0.29) is 6.04 Å². The van der Waals surface area contributed by atoms with E-state index in [1.165, 1.54) is 0 Å². The van der Waals surface area contributed by atoms with Crippen molar-refractivity contribution in [3.63, 3.8) is 0 Å². The van der Waals surface area contributed by atoms with Crippen LogP contribution in [0.25, 0.3) is 0 Å². The molecule has 0 aliphatic rings. The molecule has 0 amide bonds. The first kappa shape index (κ1) is 15.3. The summed E-state index contributed by atoms with van der Waals surface area (Å²) in [5, 5.41) is 12.6. The van der Waals surface area contributed by atoms with Gasteiger partial charge in [-0.2, -0.15) is 5.26 Å². The van der Waals surface area contributed by atoms with Crippen LogP contribution >= 0.6 is 11.6 Å². The molecule has 2 rings (SSSR count). The van der Waals surface area contributed by atoms with Crippen LogP contribution in [-0.2, 0) is 6.61 Å². The van der Waals surface area contributed by atoms with Crippen molar-refractivity contribution in [3.05, 3.63) is 58.4 Å². The van der Waals surface area contributed by atoms with E-state index in [1.807, 2.05) is 37.4 Å². The zero-order valence-electron chi connectivity index (χ0n) is 11.9.